The number of ketones is 1. The summed E-state index contributed by atoms with van der Waals surface area (Å²) < 4.78 is 16.5. The fraction of sp³-hybridized carbons (Fsp3) is 0.333. The number of hydrogen-bond acceptors (Lipinski definition) is 2. The van der Waals surface area contributed by atoms with E-state index in [2.05, 4.69) is 0 Å². The van der Waals surface area contributed by atoms with Gasteiger partial charge in [-0.2, -0.15) is 0 Å². The SMILES string of the molecule is O=C(Cc1ccccc1F)Cn1ccn(C2CC2)c1=O. The van der Waals surface area contributed by atoms with Crippen LogP contribution in [-0.2, 0) is 17.8 Å². The van der Waals surface area contributed by atoms with E-state index in [1.165, 1.54) is 10.6 Å². The van der Waals surface area contributed by atoms with E-state index >= 15 is 0 Å². The minimum atomic E-state index is -0.385. The second kappa shape index (κ2) is 5.07. The number of nitrogens with zero attached hydrogens (tertiary/aromatic N) is 2. The van der Waals surface area contributed by atoms with Gasteiger partial charge in [0.2, 0.25) is 0 Å². The van der Waals surface area contributed by atoms with Crippen molar-refractivity contribution in [2.24, 2.45) is 0 Å². The topological polar surface area (TPSA) is 44.0 Å². The van der Waals surface area contributed by atoms with Crippen LogP contribution in [0.15, 0.2) is 41.5 Å². The van der Waals surface area contributed by atoms with Crippen LogP contribution in [0, 0.1) is 5.82 Å². The monoisotopic (exact) mass is 274 g/mol. The van der Waals surface area contributed by atoms with Crippen molar-refractivity contribution in [2.45, 2.75) is 31.8 Å². The van der Waals surface area contributed by atoms with Gasteiger partial charge >= 0.3 is 5.69 Å². The zero-order valence-corrected chi connectivity index (χ0v) is 11.0. The Morgan fingerprint density at radius 3 is 2.70 bits per heavy atom. The van der Waals surface area contributed by atoms with Crippen LogP contribution in [0.25, 0.3) is 0 Å². The summed E-state index contributed by atoms with van der Waals surface area (Å²) >= 11 is 0. The molecule has 5 heteroatoms. The predicted octanol–water partition coefficient (Wildman–Crippen LogP) is 1.94. The zero-order valence-electron chi connectivity index (χ0n) is 11.0. The van der Waals surface area contributed by atoms with Crippen molar-refractivity contribution in [3.8, 4) is 0 Å². The molecule has 0 saturated heterocycles. The number of imidazole rings is 1. The second-order valence-corrected chi connectivity index (χ2v) is 5.15. The van der Waals surface area contributed by atoms with Crippen LogP contribution in [0.2, 0.25) is 0 Å². The lowest BCUT2D eigenvalue weighted by molar-refractivity contribution is -0.119. The molecule has 0 N–H and O–H groups in total. The summed E-state index contributed by atoms with van der Waals surface area (Å²) in [4.78, 5) is 24.0. The quantitative estimate of drug-likeness (QED) is 0.836. The van der Waals surface area contributed by atoms with Gasteiger partial charge in [0.25, 0.3) is 0 Å². The second-order valence-electron chi connectivity index (χ2n) is 5.15. The van der Waals surface area contributed by atoms with E-state index in [-0.39, 0.29) is 30.3 Å². The number of carbonyl (C=O) groups excluding carboxylic acids is 1. The Kier molecular flexibility index (Phi) is 3.26. The van der Waals surface area contributed by atoms with Gasteiger partial charge in [0.05, 0.1) is 6.54 Å². The van der Waals surface area contributed by atoms with Crippen molar-refractivity contribution in [1.29, 1.82) is 0 Å². The molecule has 0 aliphatic heterocycles. The summed E-state index contributed by atoms with van der Waals surface area (Å²) in [5.74, 6) is -0.561. The third-order valence-corrected chi connectivity index (χ3v) is 3.51. The molecular formula is C15H15FN2O2. The van der Waals surface area contributed by atoms with Gasteiger partial charge in [0.1, 0.15) is 5.82 Å². The number of halogens is 1. The van der Waals surface area contributed by atoms with Gasteiger partial charge in [-0.3, -0.25) is 13.9 Å². The normalized spacial score (nSPS) is 14.4. The minimum absolute atomic E-state index is 0.00706. The molecule has 0 unspecified atom stereocenters. The van der Waals surface area contributed by atoms with Crippen molar-refractivity contribution in [3.63, 3.8) is 0 Å². The summed E-state index contributed by atoms with van der Waals surface area (Å²) in [6.07, 6.45) is 5.39. The van der Waals surface area contributed by atoms with Crippen molar-refractivity contribution < 1.29 is 9.18 Å². The Morgan fingerprint density at radius 2 is 2.00 bits per heavy atom. The maximum absolute atomic E-state index is 13.5. The van der Waals surface area contributed by atoms with Crippen molar-refractivity contribution in [1.82, 2.24) is 9.13 Å². The van der Waals surface area contributed by atoms with E-state index in [0.717, 1.165) is 12.8 Å². The molecule has 0 bridgehead atoms. The lowest BCUT2D eigenvalue weighted by Gasteiger charge is -2.03. The Labute approximate surface area is 115 Å². The molecule has 1 aromatic carbocycles. The highest BCUT2D eigenvalue weighted by atomic mass is 19.1. The van der Waals surface area contributed by atoms with Gasteiger partial charge in [-0.1, -0.05) is 18.2 Å². The van der Waals surface area contributed by atoms with Crippen LogP contribution in [0.4, 0.5) is 4.39 Å². The first kappa shape index (κ1) is 12.8. The fourth-order valence-electron chi connectivity index (χ4n) is 2.28. The van der Waals surface area contributed by atoms with Gasteiger partial charge in [0, 0.05) is 24.9 Å². The minimum Gasteiger partial charge on any atom is -0.297 e. The molecule has 0 amide bonds. The summed E-state index contributed by atoms with van der Waals surface area (Å²) in [5.41, 5.74) is 0.210. The van der Waals surface area contributed by atoms with Gasteiger partial charge in [0.15, 0.2) is 5.78 Å². The van der Waals surface area contributed by atoms with Crippen LogP contribution in [0.1, 0.15) is 24.4 Å². The van der Waals surface area contributed by atoms with E-state index in [1.54, 1.807) is 35.2 Å². The number of benzene rings is 1. The van der Waals surface area contributed by atoms with Gasteiger partial charge in [-0.05, 0) is 24.5 Å². The van der Waals surface area contributed by atoms with E-state index < -0.39 is 0 Å². The number of aromatic nitrogens is 2. The molecule has 0 atom stereocenters. The maximum atomic E-state index is 13.5. The smallest absolute Gasteiger partial charge is 0.297 e. The van der Waals surface area contributed by atoms with E-state index in [0.29, 0.717) is 11.6 Å². The van der Waals surface area contributed by atoms with Gasteiger partial charge in [-0.25, -0.2) is 9.18 Å². The Morgan fingerprint density at radius 1 is 1.25 bits per heavy atom. The molecule has 1 fully saturated rings. The van der Waals surface area contributed by atoms with Crippen LogP contribution in [0.3, 0.4) is 0 Å². The first-order valence-corrected chi connectivity index (χ1v) is 6.67. The van der Waals surface area contributed by atoms with E-state index in [4.69, 9.17) is 0 Å². The molecule has 1 saturated carbocycles. The van der Waals surface area contributed by atoms with Crippen LogP contribution >= 0.6 is 0 Å². The van der Waals surface area contributed by atoms with Crippen molar-refractivity contribution in [3.05, 3.63) is 58.5 Å². The third kappa shape index (κ3) is 2.57. The Bertz CT molecular complexity index is 698. The Hall–Kier alpha value is -2.17. The number of Topliss-reactive ketones (excluding diaryl/α,β-unsaturated/α-hetero) is 1. The summed E-state index contributed by atoms with van der Waals surface area (Å²) in [6.45, 7) is -0.00706. The van der Waals surface area contributed by atoms with E-state index in [1.807, 2.05) is 0 Å². The standard InChI is InChI=1S/C15H15FN2O2/c16-14-4-2-1-3-11(14)9-13(19)10-17-7-8-18(15(17)20)12-5-6-12/h1-4,7-8,12H,5-6,9-10H2. The number of hydrogen-bond donors (Lipinski definition) is 0. The predicted molar refractivity (Wildman–Crippen MR) is 72.1 cm³/mol. The average molecular weight is 274 g/mol. The molecule has 20 heavy (non-hydrogen) atoms. The molecule has 1 heterocycles. The average Bonchev–Trinajstić information content (AvgIpc) is 3.19. The molecule has 4 nitrogen and oxygen atoms in total. The molecule has 1 aromatic heterocycles. The molecule has 2 aromatic rings. The van der Waals surface area contributed by atoms with Crippen molar-refractivity contribution in [2.75, 3.05) is 0 Å². The molecule has 3 rings (SSSR count). The molecule has 1 aliphatic carbocycles. The van der Waals surface area contributed by atoms with Gasteiger partial charge in [-0.15, -0.1) is 0 Å². The van der Waals surface area contributed by atoms with Crippen molar-refractivity contribution >= 4 is 5.78 Å². The van der Waals surface area contributed by atoms with Crippen LogP contribution < -0.4 is 5.69 Å². The summed E-state index contributed by atoms with van der Waals surface area (Å²) in [7, 11) is 0. The van der Waals surface area contributed by atoms with Crippen LogP contribution in [0.5, 0.6) is 0 Å². The lowest BCUT2D eigenvalue weighted by atomic mass is 10.1. The highest BCUT2D eigenvalue weighted by Gasteiger charge is 2.25. The molecule has 104 valence electrons. The van der Waals surface area contributed by atoms with Gasteiger partial charge < -0.3 is 0 Å². The number of rotatable bonds is 5. The lowest BCUT2D eigenvalue weighted by Crippen LogP contribution is -2.27. The fourth-order valence-corrected chi connectivity index (χ4v) is 2.28. The molecule has 0 spiro atoms. The molecule has 1 aliphatic rings. The summed E-state index contributed by atoms with van der Waals surface area (Å²) in [6, 6.07) is 6.50. The summed E-state index contributed by atoms with van der Waals surface area (Å²) in [5, 5.41) is 0. The number of carbonyl (C=O) groups is 1. The first-order valence-electron chi connectivity index (χ1n) is 6.67. The Balaban J connectivity index is 1.70. The zero-order chi connectivity index (χ0) is 14.1. The third-order valence-electron chi connectivity index (χ3n) is 3.51. The molecule has 0 radical (unpaired) electrons. The highest BCUT2D eigenvalue weighted by molar-refractivity contribution is 5.80. The highest BCUT2D eigenvalue weighted by Crippen LogP contribution is 2.33. The largest absolute Gasteiger partial charge is 0.328 e. The van der Waals surface area contributed by atoms with E-state index in [9.17, 15) is 14.0 Å². The first-order chi connectivity index (χ1) is 9.65. The molecular weight excluding hydrogens is 259 g/mol. The van der Waals surface area contributed by atoms with Crippen LogP contribution in [-0.4, -0.2) is 14.9 Å². The maximum Gasteiger partial charge on any atom is 0.328 e.